The first-order valence-electron chi connectivity index (χ1n) is 7.68. The van der Waals surface area contributed by atoms with Crippen LogP contribution in [0.2, 0.25) is 0 Å². The van der Waals surface area contributed by atoms with Gasteiger partial charge >= 0.3 is 0 Å². The Balaban J connectivity index is 1.74. The minimum Gasteiger partial charge on any atom is -0.301 e. The van der Waals surface area contributed by atoms with Crippen molar-refractivity contribution in [1.82, 2.24) is 4.90 Å². The molecule has 1 nitrogen and oxygen atoms in total. The zero-order valence-electron chi connectivity index (χ0n) is 11.4. The molecule has 1 aromatic carbocycles. The minimum atomic E-state index is 0.455. The molecule has 19 heavy (non-hydrogen) atoms. The summed E-state index contributed by atoms with van der Waals surface area (Å²) in [6, 6.07) is 11.3. The third-order valence-electron chi connectivity index (χ3n) is 6.08. The lowest BCUT2D eigenvalue weighted by atomic mass is 9.64. The van der Waals surface area contributed by atoms with E-state index in [1.54, 1.807) is 5.56 Å². The SMILES string of the molecule is ClCCN1C[C@@H]2[C@@H]3CC[C@H](C3)[C@@]2(c2ccccc2)C1. The second-order valence-electron chi connectivity index (χ2n) is 6.71. The zero-order valence-corrected chi connectivity index (χ0v) is 12.1. The highest BCUT2D eigenvalue weighted by Crippen LogP contribution is 2.63. The molecular formula is C17H22ClN. The molecule has 2 heteroatoms. The summed E-state index contributed by atoms with van der Waals surface area (Å²) in [5, 5.41) is 0. The Morgan fingerprint density at radius 1 is 1.21 bits per heavy atom. The molecule has 2 aliphatic carbocycles. The fraction of sp³-hybridized carbons (Fsp3) is 0.647. The van der Waals surface area contributed by atoms with Crippen molar-refractivity contribution in [2.45, 2.75) is 24.7 Å². The van der Waals surface area contributed by atoms with E-state index in [1.165, 1.54) is 32.4 Å². The lowest BCUT2D eigenvalue weighted by Gasteiger charge is -2.39. The normalized spacial score (nSPS) is 40.8. The number of fused-ring (bicyclic) bond motifs is 5. The molecule has 1 heterocycles. The average Bonchev–Trinajstić information content (AvgIpc) is 3.10. The van der Waals surface area contributed by atoms with Crippen LogP contribution in [-0.4, -0.2) is 30.4 Å². The van der Waals surface area contributed by atoms with Crippen LogP contribution < -0.4 is 0 Å². The Kier molecular flexibility index (Phi) is 2.89. The topological polar surface area (TPSA) is 3.24 Å². The number of rotatable bonds is 3. The van der Waals surface area contributed by atoms with Crippen LogP contribution in [0.15, 0.2) is 30.3 Å². The van der Waals surface area contributed by atoms with Gasteiger partial charge < -0.3 is 4.90 Å². The molecule has 0 unspecified atom stereocenters. The van der Waals surface area contributed by atoms with Crippen molar-refractivity contribution in [2.75, 3.05) is 25.5 Å². The van der Waals surface area contributed by atoms with E-state index in [0.717, 1.165) is 30.2 Å². The number of likely N-dealkylation sites (tertiary alicyclic amines) is 1. The average molecular weight is 276 g/mol. The third kappa shape index (κ3) is 1.64. The van der Waals surface area contributed by atoms with E-state index in [9.17, 15) is 0 Å². The summed E-state index contributed by atoms with van der Waals surface area (Å²) in [5.41, 5.74) is 2.06. The predicted molar refractivity (Wildman–Crippen MR) is 79.6 cm³/mol. The van der Waals surface area contributed by atoms with Crippen molar-refractivity contribution < 1.29 is 0 Å². The Morgan fingerprint density at radius 2 is 2.05 bits per heavy atom. The molecule has 2 saturated carbocycles. The molecular weight excluding hydrogens is 254 g/mol. The van der Waals surface area contributed by atoms with Gasteiger partial charge in [0.05, 0.1) is 0 Å². The number of nitrogens with zero attached hydrogens (tertiary/aromatic N) is 1. The zero-order chi connectivity index (χ0) is 12.9. The van der Waals surface area contributed by atoms with Gasteiger partial charge in [-0.25, -0.2) is 0 Å². The Labute approximate surface area is 120 Å². The first kappa shape index (κ1) is 12.2. The van der Waals surface area contributed by atoms with E-state index < -0.39 is 0 Å². The highest BCUT2D eigenvalue weighted by Gasteiger charge is 2.62. The number of alkyl halides is 1. The van der Waals surface area contributed by atoms with Gasteiger partial charge in [-0.1, -0.05) is 30.3 Å². The highest BCUT2D eigenvalue weighted by atomic mass is 35.5. The molecule has 3 fully saturated rings. The van der Waals surface area contributed by atoms with Crippen LogP contribution in [0.4, 0.5) is 0 Å². The van der Waals surface area contributed by atoms with Crippen LogP contribution in [0.25, 0.3) is 0 Å². The van der Waals surface area contributed by atoms with E-state index in [4.69, 9.17) is 11.6 Å². The van der Waals surface area contributed by atoms with Gasteiger partial charge in [0.25, 0.3) is 0 Å². The molecule has 1 aromatic rings. The first-order chi connectivity index (χ1) is 9.34. The maximum Gasteiger partial charge on any atom is 0.0351 e. The van der Waals surface area contributed by atoms with E-state index in [1.807, 2.05) is 0 Å². The summed E-state index contributed by atoms with van der Waals surface area (Å²) in [4.78, 5) is 2.62. The molecule has 0 radical (unpaired) electrons. The number of halogens is 1. The smallest absolute Gasteiger partial charge is 0.0351 e. The Bertz CT molecular complexity index is 460. The van der Waals surface area contributed by atoms with E-state index >= 15 is 0 Å². The lowest BCUT2D eigenvalue weighted by molar-refractivity contribution is 0.222. The van der Waals surface area contributed by atoms with Gasteiger partial charge in [-0.05, 0) is 42.6 Å². The van der Waals surface area contributed by atoms with E-state index in [0.29, 0.717) is 5.41 Å². The van der Waals surface area contributed by atoms with Gasteiger partial charge in [0, 0.05) is 30.9 Å². The molecule has 1 aliphatic heterocycles. The summed E-state index contributed by atoms with van der Waals surface area (Å²) in [7, 11) is 0. The van der Waals surface area contributed by atoms with E-state index in [2.05, 4.69) is 35.2 Å². The van der Waals surface area contributed by atoms with Crippen molar-refractivity contribution in [1.29, 1.82) is 0 Å². The molecule has 0 N–H and O–H groups in total. The van der Waals surface area contributed by atoms with Crippen LogP contribution in [0, 0.1) is 17.8 Å². The maximum absolute atomic E-state index is 5.98. The van der Waals surface area contributed by atoms with Crippen LogP contribution in [0.1, 0.15) is 24.8 Å². The van der Waals surface area contributed by atoms with Crippen molar-refractivity contribution in [3.63, 3.8) is 0 Å². The molecule has 4 atom stereocenters. The Hall–Kier alpha value is -0.530. The molecule has 3 aliphatic rings. The number of hydrogen-bond acceptors (Lipinski definition) is 1. The molecule has 0 aromatic heterocycles. The quantitative estimate of drug-likeness (QED) is 0.763. The van der Waals surface area contributed by atoms with Crippen LogP contribution in [-0.2, 0) is 5.41 Å². The molecule has 102 valence electrons. The number of benzene rings is 1. The summed E-state index contributed by atoms with van der Waals surface area (Å²) >= 11 is 5.98. The monoisotopic (exact) mass is 275 g/mol. The molecule has 0 amide bonds. The fourth-order valence-electron chi connectivity index (χ4n) is 5.42. The van der Waals surface area contributed by atoms with Crippen molar-refractivity contribution >= 4 is 11.6 Å². The van der Waals surface area contributed by atoms with Crippen molar-refractivity contribution in [2.24, 2.45) is 17.8 Å². The summed E-state index contributed by atoms with van der Waals surface area (Å²) in [5.74, 6) is 3.56. The predicted octanol–water partition coefficient (Wildman–Crippen LogP) is 3.52. The van der Waals surface area contributed by atoms with Crippen LogP contribution in [0.5, 0.6) is 0 Å². The van der Waals surface area contributed by atoms with Gasteiger partial charge in [-0.15, -0.1) is 11.6 Å². The second kappa shape index (κ2) is 4.49. The van der Waals surface area contributed by atoms with Crippen LogP contribution >= 0.6 is 11.6 Å². The largest absolute Gasteiger partial charge is 0.301 e. The van der Waals surface area contributed by atoms with Crippen molar-refractivity contribution in [3.05, 3.63) is 35.9 Å². The maximum atomic E-state index is 5.98. The van der Waals surface area contributed by atoms with Gasteiger partial charge in [0.1, 0.15) is 0 Å². The molecule has 1 saturated heterocycles. The number of hydrogen-bond donors (Lipinski definition) is 0. The van der Waals surface area contributed by atoms with Gasteiger partial charge in [-0.2, -0.15) is 0 Å². The minimum absolute atomic E-state index is 0.455. The first-order valence-corrected chi connectivity index (χ1v) is 8.22. The Morgan fingerprint density at radius 3 is 2.84 bits per heavy atom. The highest BCUT2D eigenvalue weighted by molar-refractivity contribution is 6.18. The summed E-state index contributed by atoms with van der Waals surface area (Å²) < 4.78 is 0. The van der Waals surface area contributed by atoms with Gasteiger partial charge in [-0.3, -0.25) is 0 Å². The van der Waals surface area contributed by atoms with E-state index in [-0.39, 0.29) is 0 Å². The van der Waals surface area contributed by atoms with Crippen molar-refractivity contribution in [3.8, 4) is 0 Å². The van der Waals surface area contributed by atoms with Gasteiger partial charge in [0.2, 0.25) is 0 Å². The second-order valence-corrected chi connectivity index (χ2v) is 7.09. The standard InChI is InChI=1S/C17H22ClN/c18-8-9-19-11-16-13-6-7-15(10-13)17(16,12-19)14-4-2-1-3-5-14/h1-5,13,15-16H,6-12H2/t13-,15-,16-,17+/m1/s1. The lowest BCUT2D eigenvalue weighted by Crippen LogP contribution is -2.40. The summed E-state index contributed by atoms with van der Waals surface area (Å²) in [6.07, 6.45) is 4.40. The summed E-state index contributed by atoms with van der Waals surface area (Å²) in [6.45, 7) is 3.59. The van der Waals surface area contributed by atoms with Gasteiger partial charge in [0.15, 0.2) is 0 Å². The third-order valence-corrected chi connectivity index (χ3v) is 6.25. The molecule has 2 bridgehead atoms. The van der Waals surface area contributed by atoms with Crippen LogP contribution in [0.3, 0.4) is 0 Å². The molecule has 4 rings (SSSR count). The molecule has 0 spiro atoms. The fourth-order valence-corrected chi connectivity index (χ4v) is 5.66.